The summed E-state index contributed by atoms with van der Waals surface area (Å²) in [6, 6.07) is 25.7. The lowest BCUT2D eigenvalue weighted by Crippen LogP contribution is -2.44. The van der Waals surface area contributed by atoms with Crippen molar-refractivity contribution in [1.29, 1.82) is 0 Å². The molecule has 0 aliphatic carbocycles. The van der Waals surface area contributed by atoms with Crippen LogP contribution in [0.15, 0.2) is 103 Å². The van der Waals surface area contributed by atoms with Crippen molar-refractivity contribution >= 4 is 6.09 Å². The molecule has 1 amide bonds. The number of alkyl halides is 6. The Labute approximate surface area is 237 Å². The van der Waals surface area contributed by atoms with E-state index < -0.39 is 35.7 Å². The summed E-state index contributed by atoms with van der Waals surface area (Å²) >= 11 is 0. The molecule has 5 nitrogen and oxygen atoms in total. The van der Waals surface area contributed by atoms with Crippen molar-refractivity contribution in [2.75, 3.05) is 6.54 Å². The number of halogens is 6. The van der Waals surface area contributed by atoms with E-state index >= 15 is 0 Å². The zero-order chi connectivity index (χ0) is 30.4. The maximum absolute atomic E-state index is 13.1. The van der Waals surface area contributed by atoms with Gasteiger partial charge in [-0.3, -0.25) is 0 Å². The van der Waals surface area contributed by atoms with Crippen molar-refractivity contribution in [2.45, 2.75) is 31.5 Å². The molecule has 0 aliphatic heterocycles. The molecule has 42 heavy (non-hydrogen) atoms. The van der Waals surface area contributed by atoms with Gasteiger partial charge in [0.05, 0.1) is 0 Å². The lowest BCUT2D eigenvalue weighted by Gasteiger charge is -2.36. The quantitative estimate of drug-likeness (QED) is 0.201. The van der Waals surface area contributed by atoms with Gasteiger partial charge in [-0.2, -0.15) is 0 Å². The second-order valence-corrected chi connectivity index (χ2v) is 9.40. The van der Waals surface area contributed by atoms with Gasteiger partial charge in [0.15, 0.2) is 0 Å². The van der Waals surface area contributed by atoms with Crippen LogP contribution < -0.4 is 19.5 Å². The Morgan fingerprint density at radius 3 is 1.74 bits per heavy atom. The van der Waals surface area contributed by atoms with Crippen LogP contribution in [0.5, 0.6) is 17.2 Å². The molecule has 4 aromatic carbocycles. The molecule has 0 aromatic heterocycles. The molecule has 0 spiro atoms. The van der Waals surface area contributed by atoms with Crippen LogP contribution in [0.1, 0.15) is 22.3 Å². The lowest BCUT2D eigenvalue weighted by molar-refractivity contribution is -0.275. The van der Waals surface area contributed by atoms with E-state index in [4.69, 9.17) is 4.74 Å². The molecule has 0 heterocycles. The van der Waals surface area contributed by atoms with Gasteiger partial charge in [0.1, 0.15) is 17.2 Å². The van der Waals surface area contributed by atoms with Gasteiger partial charge in [0, 0.05) is 12.0 Å². The number of ether oxygens (including phenoxy) is 3. The Kier molecular flexibility index (Phi) is 8.99. The van der Waals surface area contributed by atoms with Gasteiger partial charge in [-0.25, -0.2) is 4.79 Å². The van der Waals surface area contributed by atoms with E-state index in [0.29, 0.717) is 11.1 Å². The standard InChI is InChI=1S/C31H25F6NO4/c1-21-9-5-6-16-27(21)40-28(39)38-20-29(19-22-10-3-2-4-11-22,23-12-7-14-25(17-23)41-30(32,33)34)24-13-8-15-26(18-24)42-31(35,36)37/h2-18H,19-20H2,1H3,(H,38,39). The number of carbonyl (C=O) groups excluding carboxylic acids is 1. The lowest BCUT2D eigenvalue weighted by atomic mass is 9.70. The van der Waals surface area contributed by atoms with Crippen molar-refractivity contribution in [3.63, 3.8) is 0 Å². The molecule has 11 heteroatoms. The molecular weight excluding hydrogens is 564 g/mol. The SMILES string of the molecule is Cc1ccccc1OC(=O)NCC(Cc1ccccc1)(c1cccc(OC(F)(F)F)c1)c1cccc(OC(F)(F)F)c1. The first-order chi connectivity index (χ1) is 19.8. The summed E-state index contributed by atoms with van der Waals surface area (Å²) in [5.41, 5.74) is 0.414. The number of nitrogens with one attached hydrogen (secondary N) is 1. The average molecular weight is 590 g/mol. The second-order valence-electron chi connectivity index (χ2n) is 9.40. The van der Waals surface area contributed by atoms with E-state index in [1.54, 1.807) is 61.5 Å². The third-order valence-electron chi connectivity index (χ3n) is 6.42. The minimum atomic E-state index is -4.99. The van der Waals surface area contributed by atoms with Gasteiger partial charge < -0.3 is 19.5 Å². The zero-order valence-corrected chi connectivity index (χ0v) is 22.1. The smallest absolute Gasteiger partial charge is 0.410 e. The number of aryl methyl sites for hydroxylation is 1. The molecule has 0 atom stereocenters. The third-order valence-corrected chi connectivity index (χ3v) is 6.42. The molecule has 4 aromatic rings. The van der Waals surface area contributed by atoms with Gasteiger partial charge in [0.25, 0.3) is 0 Å². The van der Waals surface area contributed by atoms with Gasteiger partial charge in [-0.05, 0) is 65.9 Å². The van der Waals surface area contributed by atoms with Gasteiger partial charge in [0.2, 0.25) is 0 Å². The monoisotopic (exact) mass is 589 g/mol. The highest BCUT2D eigenvalue weighted by molar-refractivity contribution is 5.71. The molecule has 0 radical (unpaired) electrons. The van der Waals surface area contributed by atoms with Crippen LogP contribution >= 0.6 is 0 Å². The summed E-state index contributed by atoms with van der Waals surface area (Å²) in [5.74, 6) is -0.796. The largest absolute Gasteiger partial charge is 0.573 e. The van der Waals surface area contributed by atoms with Crippen molar-refractivity contribution < 1.29 is 45.3 Å². The molecule has 0 bridgehead atoms. The van der Waals surface area contributed by atoms with Crippen LogP contribution in [-0.2, 0) is 11.8 Å². The molecule has 4 rings (SSSR count). The van der Waals surface area contributed by atoms with E-state index in [1.165, 1.54) is 24.3 Å². The third kappa shape index (κ3) is 8.18. The molecule has 0 unspecified atom stereocenters. The van der Waals surface area contributed by atoms with Crippen molar-refractivity contribution in [3.8, 4) is 17.2 Å². The zero-order valence-electron chi connectivity index (χ0n) is 22.1. The number of benzene rings is 4. The van der Waals surface area contributed by atoms with Crippen LogP contribution in [0.2, 0.25) is 0 Å². The van der Waals surface area contributed by atoms with Crippen LogP contribution in [0, 0.1) is 6.92 Å². The first kappa shape index (κ1) is 30.3. The highest BCUT2D eigenvalue weighted by atomic mass is 19.4. The summed E-state index contributed by atoms with van der Waals surface area (Å²) in [4.78, 5) is 13.0. The Balaban J connectivity index is 1.83. The van der Waals surface area contributed by atoms with Crippen LogP contribution in [0.4, 0.5) is 31.1 Å². The van der Waals surface area contributed by atoms with Gasteiger partial charge in [-0.1, -0.05) is 72.8 Å². The van der Waals surface area contributed by atoms with Crippen molar-refractivity contribution in [3.05, 3.63) is 125 Å². The van der Waals surface area contributed by atoms with Crippen LogP contribution in [0.3, 0.4) is 0 Å². The number of hydrogen-bond acceptors (Lipinski definition) is 4. The maximum atomic E-state index is 13.1. The predicted octanol–water partition coefficient (Wildman–Crippen LogP) is 8.11. The van der Waals surface area contributed by atoms with E-state index in [0.717, 1.165) is 24.3 Å². The highest BCUT2D eigenvalue weighted by Crippen LogP contribution is 2.40. The van der Waals surface area contributed by atoms with Crippen LogP contribution in [0.25, 0.3) is 0 Å². The fourth-order valence-corrected chi connectivity index (χ4v) is 4.59. The number of amides is 1. The minimum Gasteiger partial charge on any atom is -0.410 e. The van der Waals surface area contributed by atoms with E-state index in [1.807, 2.05) is 0 Å². The van der Waals surface area contributed by atoms with Crippen LogP contribution in [-0.4, -0.2) is 25.4 Å². The number of hydrogen-bond donors (Lipinski definition) is 1. The summed E-state index contributed by atoms with van der Waals surface area (Å²) in [7, 11) is 0. The number of carbonyl (C=O) groups is 1. The van der Waals surface area contributed by atoms with Gasteiger partial charge in [-0.15, -0.1) is 26.3 Å². The second kappa shape index (κ2) is 12.5. The summed E-state index contributed by atoms with van der Waals surface area (Å²) in [6.07, 6.45) is -10.8. The molecule has 0 aliphatic rings. The first-order valence-corrected chi connectivity index (χ1v) is 12.6. The first-order valence-electron chi connectivity index (χ1n) is 12.6. The normalized spacial score (nSPS) is 12.0. The number of rotatable bonds is 9. The molecule has 0 fully saturated rings. The average Bonchev–Trinajstić information content (AvgIpc) is 2.91. The Hall–Kier alpha value is -4.67. The summed E-state index contributed by atoms with van der Waals surface area (Å²) in [5, 5.41) is 2.66. The fourth-order valence-electron chi connectivity index (χ4n) is 4.59. The predicted molar refractivity (Wildman–Crippen MR) is 142 cm³/mol. The highest BCUT2D eigenvalue weighted by Gasteiger charge is 2.38. The van der Waals surface area contributed by atoms with Gasteiger partial charge >= 0.3 is 18.8 Å². The Morgan fingerprint density at radius 2 is 1.21 bits per heavy atom. The van der Waals surface area contributed by atoms with E-state index in [9.17, 15) is 31.1 Å². The van der Waals surface area contributed by atoms with Crippen molar-refractivity contribution in [2.24, 2.45) is 0 Å². The molecule has 0 saturated heterocycles. The molecule has 1 N–H and O–H groups in total. The minimum absolute atomic E-state index is 0.0590. The number of para-hydroxylation sites is 1. The molecular formula is C31H25F6NO4. The summed E-state index contributed by atoms with van der Waals surface area (Å²) in [6.45, 7) is 1.46. The molecule has 220 valence electrons. The topological polar surface area (TPSA) is 56.8 Å². The Bertz CT molecular complexity index is 1450. The fraction of sp³-hybridized carbons (Fsp3) is 0.194. The summed E-state index contributed by atoms with van der Waals surface area (Å²) < 4.78 is 92.5. The Morgan fingerprint density at radius 1 is 0.690 bits per heavy atom. The molecule has 0 saturated carbocycles. The van der Waals surface area contributed by atoms with E-state index in [-0.39, 0.29) is 29.8 Å². The van der Waals surface area contributed by atoms with E-state index in [2.05, 4.69) is 14.8 Å². The maximum Gasteiger partial charge on any atom is 0.573 e. The van der Waals surface area contributed by atoms with Crippen molar-refractivity contribution in [1.82, 2.24) is 5.32 Å².